The van der Waals surface area contributed by atoms with E-state index in [1.54, 1.807) is 6.20 Å². The Kier molecular flexibility index (Phi) is 4.93. The summed E-state index contributed by atoms with van der Waals surface area (Å²) in [5, 5.41) is 17.8. The van der Waals surface area contributed by atoms with Gasteiger partial charge in [0.05, 0.1) is 12.2 Å². The number of ether oxygens (including phenoxy) is 1. The van der Waals surface area contributed by atoms with Crippen molar-refractivity contribution in [3.63, 3.8) is 0 Å². The van der Waals surface area contributed by atoms with E-state index in [0.717, 1.165) is 61.1 Å². The lowest BCUT2D eigenvalue weighted by Gasteiger charge is -2.28. The smallest absolute Gasteiger partial charge is 0.233 e. The number of rotatable bonds is 3. The monoisotopic (exact) mass is 410 g/mol. The molecule has 1 aliphatic heterocycles. The van der Waals surface area contributed by atoms with E-state index in [1.165, 1.54) is 5.56 Å². The molecule has 0 bridgehead atoms. The van der Waals surface area contributed by atoms with Crippen LogP contribution in [0.4, 0.5) is 0 Å². The third-order valence-electron chi connectivity index (χ3n) is 5.76. The highest BCUT2D eigenvalue weighted by molar-refractivity contribution is 6.30. The minimum Gasteiger partial charge on any atom is -0.473 e. The number of hydrogen-bond donors (Lipinski definition) is 0. The SMILES string of the molecule is CN1Cc2cc(Cl)ccc2-n2c(nnc2[C@H]2CC[C@H](Oc3cccnn3)CC2)C1. The van der Waals surface area contributed by atoms with Gasteiger partial charge in [0, 0.05) is 29.7 Å². The zero-order valence-corrected chi connectivity index (χ0v) is 17.1. The molecule has 5 rings (SSSR count). The molecule has 0 radical (unpaired) electrons. The van der Waals surface area contributed by atoms with E-state index in [0.29, 0.717) is 11.8 Å². The van der Waals surface area contributed by atoms with Crippen molar-refractivity contribution in [3.05, 3.63) is 58.8 Å². The molecule has 1 fully saturated rings. The van der Waals surface area contributed by atoms with Crippen LogP contribution in [0.3, 0.4) is 0 Å². The Balaban J connectivity index is 1.38. The number of halogens is 1. The van der Waals surface area contributed by atoms with E-state index in [2.05, 4.69) is 49.0 Å². The van der Waals surface area contributed by atoms with Gasteiger partial charge in [-0.2, -0.15) is 5.10 Å². The highest BCUT2D eigenvalue weighted by Gasteiger charge is 2.30. The molecule has 3 heterocycles. The number of benzene rings is 1. The molecule has 0 amide bonds. The zero-order chi connectivity index (χ0) is 19.8. The minimum atomic E-state index is 0.173. The molecule has 0 saturated heterocycles. The van der Waals surface area contributed by atoms with Crippen LogP contribution < -0.4 is 4.74 Å². The fraction of sp³-hybridized carbons (Fsp3) is 0.429. The molecule has 7 nitrogen and oxygen atoms in total. The van der Waals surface area contributed by atoms with E-state index >= 15 is 0 Å². The van der Waals surface area contributed by atoms with E-state index in [1.807, 2.05) is 18.2 Å². The van der Waals surface area contributed by atoms with Gasteiger partial charge in [0.2, 0.25) is 5.88 Å². The third kappa shape index (κ3) is 3.72. The van der Waals surface area contributed by atoms with Gasteiger partial charge in [-0.1, -0.05) is 11.6 Å². The molecule has 150 valence electrons. The van der Waals surface area contributed by atoms with Gasteiger partial charge >= 0.3 is 0 Å². The summed E-state index contributed by atoms with van der Waals surface area (Å²) < 4.78 is 8.25. The van der Waals surface area contributed by atoms with Crippen molar-refractivity contribution >= 4 is 11.6 Å². The van der Waals surface area contributed by atoms with Crippen molar-refractivity contribution in [2.45, 2.75) is 50.8 Å². The van der Waals surface area contributed by atoms with E-state index in [9.17, 15) is 0 Å². The average Bonchev–Trinajstić information content (AvgIpc) is 3.06. The van der Waals surface area contributed by atoms with E-state index in [-0.39, 0.29) is 6.10 Å². The predicted molar refractivity (Wildman–Crippen MR) is 109 cm³/mol. The summed E-state index contributed by atoms with van der Waals surface area (Å²) in [5.41, 5.74) is 2.35. The highest BCUT2D eigenvalue weighted by Crippen LogP contribution is 2.36. The van der Waals surface area contributed by atoms with Crippen molar-refractivity contribution in [3.8, 4) is 11.6 Å². The Labute approximate surface area is 174 Å². The first kappa shape index (κ1) is 18.5. The van der Waals surface area contributed by atoms with Crippen LogP contribution in [0.25, 0.3) is 5.69 Å². The van der Waals surface area contributed by atoms with Crippen molar-refractivity contribution in [2.75, 3.05) is 7.05 Å². The summed E-state index contributed by atoms with van der Waals surface area (Å²) in [5.74, 6) is 3.00. The van der Waals surface area contributed by atoms with Gasteiger partial charge in [0.1, 0.15) is 11.9 Å². The van der Waals surface area contributed by atoms with E-state index in [4.69, 9.17) is 16.3 Å². The van der Waals surface area contributed by atoms with Crippen LogP contribution >= 0.6 is 11.6 Å². The molecule has 1 aromatic carbocycles. The molecule has 0 unspecified atom stereocenters. The molecule has 0 spiro atoms. The zero-order valence-electron chi connectivity index (χ0n) is 16.3. The first-order valence-corrected chi connectivity index (χ1v) is 10.4. The number of aromatic nitrogens is 5. The molecule has 8 heteroatoms. The lowest BCUT2D eigenvalue weighted by molar-refractivity contribution is 0.137. The molecule has 2 aromatic heterocycles. The Morgan fingerprint density at radius 2 is 1.90 bits per heavy atom. The van der Waals surface area contributed by atoms with Gasteiger partial charge in [0.25, 0.3) is 0 Å². The van der Waals surface area contributed by atoms with Gasteiger partial charge < -0.3 is 4.74 Å². The first-order valence-electron chi connectivity index (χ1n) is 10.0. The largest absolute Gasteiger partial charge is 0.473 e. The molecular formula is C21H23ClN6O. The fourth-order valence-corrected chi connectivity index (χ4v) is 4.60. The summed E-state index contributed by atoms with van der Waals surface area (Å²) >= 11 is 6.27. The van der Waals surface area contributed by atoms with Crippen LogP contribution in [0.15, 0.2) is 36.5 Å². The summed E-state index contributed by atoms with van der Waals surface area (Å²) in [6.45, 7) is 1.61. The summed E-state index contributed by atoms with van der Waals surface area (Å²) in [7, 11) is 2.10. The quantitative estimate of drug-likeness (QED) is 0.654. The molecule has 1 aliphatic carbocycles. The van der Waals surface area contributed by atoms with Crippen LogP contribution in [0.5, 0.6) is 5.88 Å². The van der Waals surface area contributed by atoms with E-state index < -0.39 is 0 Å². The Morgan fingerprint density at radius 3 is 2.69 bits per heavy atom. The molecule has 0 atom stereocenters. The number of hydrogen-bond acceptors (Lipinski definition) is 6. The summed E-state index contributed by atoms with van der Waals surface area (Å²) in [6, 6.07) is 9.80. The van der Waals surface area contributed by atoms with Gasteiger partial charge in [-0.3, -0.25) is 9.47 Å². The van der Waals surface area contributed by atoms with Crippen LogP contribution in [-0.2, 0) is 13.1 Å². The van der Waals surface area contributed by atoms with Crippen LogP contribution in [0, 0.1) is 0 Å². The Hall–Kier alpha value is -2.51. The standard InChI is InChI=1S/C21H23ClN6O/c1-27-12-15-11-16(22)6-9-18(15)28-19(13-27)24-26-21(28)14-4-7-17(8-5-14)29-20-3-2-10-23-25-20/h2-3,6,9-11,14,17H,4-5,7-8,12-13H2,1H3/t14-,17-. The molecule has 2 aliphatic rings. The molecule has 0 N–H and O–H groups in total. The second-order valence-electron chi connectivity index (χ2n) is 7.91. The van der Waals surface area contributed by atoms with Gasteiger partial charge in [-0.25, -0.2) is 0 Å². The molecule has 1 saturated carbocycles. The van der Waals surface area contributed by atoms with Gasteiger partial charge in [0.15, 0.2) is 5.82 Å². The van der Waals surface area contributed by atoms with Crippen LogP contribution in [-0.4, -0.2) is 43.0 Å². The predicted octanol–water partition coefficient (Wildman–Crippen LogP) is 3.76. The van der Waals surface area contributed by atoms with Gasteiger partial charge in [-0.05, 0) is 62.6 Å². The van der Waals surface area contributed by atoms with Gasteiger partial charge in [-0.15, -0.1) is 15.3 Å². The van der Waals surface area contributed by atoms with Crippen LogP contribution in [0.2, 0.25) is 5.02 Å². The lowest BCUT2D eigenvalue weighted by Crippen LogP contribution is -2.25. The lowest BCUT2D eigenvalue weighted by atomic mass is 9.86. The van der Waals surface area contributed by atoms with Crippen LogP contribution in [0.1, 0.15) is 48.8 Å². The topological polar surface area (TPSA) is 69.0 Å². The second kappa shape index (κ2) is 7.72. The van der Waals surface area contributed by atoms with Crippen molar-refractivity contribution < 1.29 is 4.74 Å². The van der Waals surface area contributed by atoms with Crippen molar-refractivity contribution in [2.24, 2.45) is 0 Å². The second-order valence-corrected chi connectivity index (χ2v) is 8.34. The normalized spacial score (nSPS) is 21.9. The maximum atomic E-state index is 6.27. The summed E-state index contributed by atoms with van der Waals surface area (Å²) in [4.78, 5) is 2.25. The molecule has 3 aromatic rings. The highest BCUT2D eigenvalue weighted by atomic mass is 35.5. The van der Waals surface area contributed by atoms with Crippen molar-refractivity contribution in [1.29, 1.82) is 0 Å². The third-order valence-corrected chi connectivity index (χ3v) is 6.00. The maximum absolute atomic E-state index is 6.27. The molecular weight excluding hydrogens is 388 g/mol. The first-order chi connectivity index (χ1) is 14.2. The number of fused-ring (bicyclic) bond motifs is 3. The Morgan fingerprint density at radius 1 is 1.03 bits per heavy atom. The fourth-order valence-electron chi connectivity index (χ4n) is 4.41. The minimum absolute atomic E-state index is 0.173. The number of nitrogens with zero attached hydrogens (tertiary/aromatic N) is 6. The average molecular weight is 411 g/mol. The molecule has 29 heavy (non-hydrogen) atoms. The van der Waals surface area contributed by atoms with Crippen molar-refractivity contribution in [1.82, 2.24) is 29.9 Å². The summed E-state index contributed by atoms with van der Waals surface area (Å²) in [6.07, 6.45) is 5.80. The maximum Gasteiger partial charge on any atom is 0.233 e. The Bertz CT molecular complexity index is 1000.